The molecule has 1 aromatic heterocycles. The van der Waals surface area contributed by atoms with E-state index < -0.39 is 6.10 Å². The zero-order valence-electron chi connectivity index (χ0n) is 21.8. The van der Waals surface area contributed by atoms with Crippen LogP contribution in [-0.2, 0) is 4.79 Å². The van der Waals surface area contributed by atoms with Gasteiger partial charge in [0.1, 0.15) is 18.2 Å². The van der Waals surface area contributed by atoms with Gasteiger partial charge in [-0.15, -0.1) is 0 Å². The highest BCUT2D eigenvalue weighted by Gasteiger charge is 2.53. The quantitative estimate of drug-likeness (QED) is 0.454. The number of ketones is 1. The average molecular weight is 524 g/mol. The molecule has 196 valence electrons. The molecule has 2 heterocycles. The van der Waals surface area contributed by atoms with Crippen molar-refractivity contribution >= 4 is 28.8 Å². The van der Waals surface area contributed by atoms with Crippen LogP contribution in [0.5, 0.6) is 5.75 Å². The van der Waals surface area contributed by atoms with Gasteiger partial charge >= 0.3 is 0 Å². The SMILES string of the molecule is CCC[C@@H](O)COc1ccc(Cl)c(-c2nc(C(C(C)=O)=C(C)N)c(C)c(N3CC4(CC(C#N)C4)C3)n2)c1. The van der Waals surface area contributed by atoms with Crippen LogP contribution in [0.1, 0.15) is 57.7 Å². The molecule has 1 aliphatic heterocycles. The zero-order chi connectivity index (χ0) is 26.9. The fourth-order valence-electron chi connectivity index (χ4n) is 5.43. The monoisotopic (exact) mass is 523 g/mol. The number of aliphatic hydroxyl groups is 1. The number of rotatable bonds is 9. The molecule has 1 aliphatic carbocycles. The normalized spacial score (nSPS) is 17.9. The van der Waals surface area contributed by atoms with E-state index >= 15 is 0 Å². The van der Waals surface area contributed by atoms with Crippen LogP contribution < -0.4 is 15.4 Å². The van der Waals surface area contributed by atoms with E-state index in [9.17, 15) is 15.2 Å². The van der Waals surface area contributed by atoms with Crippen molar-refractivity contribution in [3.05, 3.63) is 40.2 Å². The van der Waals surface area contributed by atoms with Gasteiger partial charge < -0.3 is 20.5 Å². The Morgan fingerprint density at radius 3 is 2.65 bits per heavy atom. The standard InChI is InChI=1S/C28H34ClN5O3/c1-5-6-20(36)13-37-21-7-8-23(29)22(9-21)26-32-25(24(17(3)31)18(4)35)16(2)27(33-26)34-14-28(15-34)10-19(11-28)12-30/h7-9,19-20,36H,5-6,10-11,13-15,31H2,1-4H3/t20-/m1/s1. The Bertz CT molecular complexity index is 1270. The minimum absolute atomic E-state index is 0.129. The summed E-state index contributed by atoms with van der Waals surface area (Å²) in [6, 6.07) is 7.58. The molecule has 0 bridgehead atoms. The lowest BCUT2D eigenvalue weighted by Crippen LogP contribution is -2.62. The third kappa shape index (κ3) is 5.43. The number of halogens is 1. The van der Waals surface area contributed by atoms with Gasteiger partial charge in [0.2, 0.25) is 0 Å². The Morgan fingerprint density at radius 1 is 1.35 bits per heavy atom. The summed E-state index contributed by atoms with van der Waals surface area (Å²) in [5, 5.41) is 19.7. The molecule has 0 amide bonds. The molecule has 1 saturated carbocycles. The maximum Gasteiger partial charge on any atom is 0.163 e. The van der Waals surface area contributed by atoms with Crippen LogP contribution in [0.3, 0.4) is 0 Å². The number of allylic oxidation sites excluding steroid dienone is 2. The summed E-state index contributed by atoms with van der Waals surface area (Å²) in [6.45, 7) is 8.85. The van der Waals surface area contributed by atoms with Gasteiger partial charge in [-0.1, -0.05) is 24.9 Å². The molecule has 3 N–H and O–H groups in total. The Hall–Kier alpha value is -3.15. The molecular weight excluding hydrogens is 490 g/mol. The highest BCUT2D eigenvalue weighted by Crippen LogP contribution is 2.53. The molecule has 0 unspecified atom stereocenters. The number of carbonyl (C=O) groups excluding carboxylic acids is 1. The molecule has 9 heteroatoms. The number of nitrogens with zero attached hydrogens (tertiary/aromatic N) is 4. The van der Waals surface area contributed by atoms with Crippen molar-refractivity contribution in [3.63, 3.8) is 0 Å². The van der Waals surface area contributed by atoms with E-state index in [-0.39, 0.29) is 23.7 Å². The van der Waals surface area contributed by atoms with Crippen LogP contribution in [0.25, 0.3) is 17.0 Å². The van der Waals surface area contributed by atoms with E-state index in [2.05, 4.69) is 11.0 Å². The van der Waals surface area contributed by atoms with Crippen molar-refractivity contribution < 1.29 is 14.6 Å². The summed E-state index contributed by atoms with van der Waals surface area (Å²) < 4.78 is 5.81. The predicted octanol–water partition coefficient (Wildman–Crippen LogP) is 4.66. The van der Waals surface area contributed by atoms with Crippen LogP contribution in [0, 0.1) is 29.6 Å². The number of carbonyl (C=O) groups is 1. The second-order valence-electron chi connectivity index (χ2n) is 10.4. The summed E-state index contributed by atoms with van der Waals surface area (Å²) in [5.41, 5.74) is 8.86. The first-order valence-electron chi connectivity index (χ1n) is 12.7. The topological polar surface area (TPSA) is 125 Å². The molecule has 1 spiro atoms. The van der Waals surface area contributed by atoms with Crippen LogP contribution in [0.15, 0.2) is 23.9 Å². The lowest BCUT2D eigenvalue weighted by atomic mass is 9.58. The van der Waals surface area contributed by atoms with Crippen molar-refractivity contribution in [2.24, 2.45) is 17.1 Å². The number of nitrogens with two attached hydrogens (primary N) is 1. The van der Waals surface area contributed by atoms with Gasteiger partial charge in [-0.2, -0.15) is 5.26 Å². The van der Waals surface area contributed by atoms with Crippen molar-refractivity contribution in [3.8, 4) is 23.2 Å². The van der Waals surface area contributed by atoms with Crippen molar-refractivity contribution in [2.75, 3.05) is 24.6 Å². The maximum atomic E-state index is 12.6. The molecule has 1 atom stereocenters. The first kappa shape index (κ1) is 26.9. The van der Waals surface area contributed by atoms with E-state index in [4.69, 9.17) is 32.0 Å². The lowest BCUT2D eigenvalue weighted by molar-refractivity contribution is -0.111. The molecule has 2 fully saturated rings. The maximum absolute atomic E-state index is 12.6. The average Bonchev–Trinajstić information content (AvgIpc) is 2.78. The Kier molecular flexibility index (Phi) is 7.77. The highest BCUT2D eigenvalue weighted by atomic mass is 35.5. The van der Waals surface area contributed by atoms with Gasteiger partial charge in [-0.3, -0.25) is 4.79 Å². The van der Waals surface area contributed by atoms with Gasteiger partial charge in [0.25, 0.3) is 0 Å². The van der Waals surface area contributed by atoms with Crippen LogP contribution >= 0.6 is 11.6 Å². The third-order valence-corrected chi connectivity index (χ3v) is 7.57. The number of hydrogen-bond donors (Lipinski definition) is 2. The molecule has 37 heavy (non-hydrogen) atoms. The second kappa shape index (κ2) is 10.7. The second-order valence-corrected chi connectivity index (χ2v) is 10.9. The molecule has 1 saturated heterocycles. The number of anilines is 1. The van der Waals surface area contributed by atoms with Gasteiger partial charge in [0, 0.05) is 41.2 Å². The van der Waals surface area contributed by atoms with Crippen LogP contribution in [-0.4, -0.2) is 46.7 Å². The smallest absolute Gasteiger partial charge is 0.163 e. The van der Waals surface area contributed by atoms with E-state index in [0.29, 0.717) is 45.5 Å². The van der Waals surface area contributed by atoms with Crippen molar-refractivity contribution in [1.29, 1.82) is 5.26 Å². The molecule has 8 nitrogen and oxygen atoms in total. The fourth-order valence-corrected chi connectivity index (χ4v) is 5.63. The number of Topliss-reactive ketones (excluding diaryl/α,β-unsaturated/α-hetero) is 1. The van der Waals surface area contributed by atoms with Gasteiger partial charge in [-0.25, -0.2) is 9.97 Å². The molecule has 2 aliphatic rings. The number of aliphatic hydroxyl groups excluding tert-OH is 1. The summed E-state index contributed by atoms with van der Waals surface area (Å²) in [6.07, 6.45) is 2.76. The van der Waals surface area contributed by atoms with E-state index in [1.54, 1.807) is 25.1 Å². The minimum Gasteiger partial charge on any atom is -0.491 e. The summed E-state index contributed by atoms with van der Waals surface area (Å²) in [4.78, 5) is 24.4. The predicted molar refractivity (Wildman–Crippen MR) is 144 cm³/mol. The summed E-state index contributed by atoms with van der Waals surface area (Å²) >= 11 is 6.60. The van der Waals surface area contributed by atoms with Gasteiger partial charge in [0.05, 0.1) is 28.5 Å². The fraction of sp³-hybridized carbons (Fsp3) is 0.500. The highest BCUT2D eigenvalue weighted by molar-refractivity contribution is 6.33. The van der Waals surface area contributed by atoms with Gasteiger partial charge in [-0.05, 0) is 58.2 Å². The number of nitriles is 1. The van der Waals surface area contributed by atoms with E-state index in [1.165, 1.54) is 6.92 Å². The van der Waals surface area contributed by atoms with E-state index in [1.807, 2.05) is 13.8 Å². The molecular formula is C28H34ClN5O3. The van der Waals surface area contributed by atoms with Crippen LogP contribution in [0.2, 0.25) is 5.02 Å². The van der Waals surface area contributed by atoms with E-state index in [0.717, 1.165) is 43.7 Å². The Morgan fingerprint density at radius 2 is 2.05 bits per heavy atom. The number of ether oxygens (including phenoxy) is 1. The summed E-state index contributed by atoms with van der Waals surface area (Å²) in [7, 11) is 0. The largest absolute Gasteiger partial charge is 0.491 e. The van der Waals surface area contributed by atoms with Crippen molar-refractivity contribution in [2.45, 2.75) is 59.5 Å². The number of hydrogen-bond acceptors (Lipinski definition) is 8. The van der Waals surface area contributed by atoms with Crippen LogP contribution in [0.4, 0.5) is 5.82 Å². The van der Waals surface area contributed by atoms with Crippen molar-refractivity contribution in [1.82, 2.24) is 9.97 Å². The third-order valence-electron chi connectivity index (χ3n) is 7.24. The first-order chi connectivity index (χ1) is 17.6. The zero-order valence-corrected chi connectivity index (χ0v) is 22.6. The molecule has 2 aromatic rings. The molecule has 1 aromatic carbocycles. The first-order valence-corrected chi connectivity index (χ1v) is 13.1. The van der Waals surface area contributed by atoms with Gasteiger partial charge in [0.15, 0.2) is 11.6 Å². The molecule has 4 rings (SSSR count). The minimum atomic E-state index is -0.556. The lowest BCUT2D eigenvalue weighted by Gasteiger charge is -2.58. The number of benzene rings is 1. The summed E-state index contributed by atoms with van der Waals surface area (Å²) in [5.74, 6) is 1.59. The number of aromatic nitrogens is 2. The Balaban J connectivity index is 1.74. The Labute approximate surface area is 223 Å². The molecule has 0 radical (unpaired) electrons.